The van der Waals surface area contributed by atoms with E-state index in [2.05, 4.69) is 22.3 Å². The minimum atomic E-state index is -0.910. The van der Waals surface area contributed by atoms with E-state index >= 15 is 0 Å². The predicted molar refractivity (Wildman–Crippen MR) is 109 cm³/mol. The zero-order valence-electron chi connectivity index (χ0n) is 16.4. The van der Waals surface area contributed by atoms with Crippen molar-refractivity contribution in [1.82, 2.24) is 15.4 Å². The number of carbonyl (C=O) groups excluding carboxylic acids is 3. The van der Waals surface area contributed by atoms with E-state index in [0.29, 0.717) is 4.88 Å². The first-order valence-electron chi connectivity index (χ1n) is 8.95. The van der Waals surface area contributed by atoms with Crippen LogP contribution in [0.1, 0.15) is 40.0 Å². The zero-order valence-corrected chi connectivity index (χ0v) is 17.3. The highest BCUT2D eigenvalue weighted by atomic mass is 32.1. The molecule has 0 aromatic carbocycles. The standard InChI is InChI=1S/C20H22N4O4S/c1-4-7-24-13(2)9-15(14(24)3)10-16(11-21)20(27)28-12-18(25)22-23-19(26)17-6-5-8-29-17/h5-6,8-10H,4,7,12H2,1-3H3,(H,22,25)(H,23,26)/b16-10-. The predicted octanol–water partition coefficient (Wildman–Crippen LogP) is 2.49. The first kappa shape index (κ1) is 21.9. The van der Waals surface area contributed by atoms with Crippen LogP contribution in [-0.4, -0.2) is 29.0 Å². The van der Waals surface area contributed by atoms with E-state index in [1.807, 2.05) is 26.0 Å². The maximum atomic E-state index is 12.2. The van der Waals surface area contributed by atoms with Gasteiger partial charge in [0.1, 0.15) is 11.6 Å². The van der Waals surface area contributed by atoms with Crippen LogP contribution in [0.15, 0.2) is 29.2 Å². The summed E-state index contributed by atoms with van der Waals surface area (Å²) in [6.45, 7) is 6.16. The molecule has 2 rings (SSSR count). The summed E-state index contributed by atoms with van der Waals surface area (Å²) < 4.78 is 6.99. The van der Waals surface area contributed by atoms with Crippen LogP contribution in [0.3, 0.4) is 0 Å². The number of hydrogen-bond donors (Lipinski definition) is 2. The summed E-state index contributed by atoms with van der Waals surface area (Å²) in [5.74, 6) is -2.10. The first-order chi connectivity index (χ1) is 13.9. The van der Waals surface area contributed by atoms with Crippen molar-refractivity contribution in [1.29, 1.82) is 5.26 Å². The molecule has 0 saturated heterocycles. The van der Waals surface area contributed by atoms with Gasteiger partial charge in [0.15, 0.2) is 6.61 Å². The van der Waals surface area contributed by atoms with Gasteiger partial charge in [-0.1, -0.05) is 13.0 Å². The molecule has 0 spiro atoms. The first-order valence-corrected chi connectivity index (χ1v) is 9.83. The second kappa shape index (κ2) is 10.2. The number of nitriles is 1. The molecule has 0 aliphatic rings. The molecule has 0 aliphatic heterocycles. The van der Waals surface area contributed by atoms with Crippen molar-refractivity contribution in [3.63, 3.8) is 0 Å². The molecule has 2 N–H and O–H groups in total. The third kappa shape index (κ3) is 5.80. The van der Waals surface area contributed by atoms with Gasteiger partial charge in [0.05, 0.1) is 4.88 Å². The number of esters is 1. The van der Waals surface area contributed by atoms with Gasteiger partial charge in [-0.15, -0.1) is 11.3 Å². The summed E-state index contributed by atoms with van der Waals surface area (Å²) in [5, 5.41) is 11.0. The lowest BCUT2D eigenvalue weighted by Gasteiger charge is -2.08. The fourth-order valence-corrected chi connectivity index (χ4v) is 3.29. The summed E-state index contributed by atoms with van der Waals surface area (Å²) in [6.07, 6.45) is 2.41. The Kier molecular flexibility index (Phi) is 7.74. The molecule has 0 saturated carbocycles. The van der Waals surface area contributed by atoms with Crippen LogP contribution in [0.2, 0.25) is 0 Å². The molecular formula is C20H22N4O4S. The van der Waals surface area contributed by atoms with Crippen LogP contribution in [0.25, 0.3) is 6.08 Å². The zero-order chi connectivity index (χ0) is 21.4. The molecule has 2 aromatic rings. The van der Waals surface area contributed by atoms with E-state index < -0.39 is 24.4 Å². The van der Waals surface area contributed by atoms with E-state index in [1.165, 1.54) is 17.4 Å². The maximum Gasteiger partial charge on any atom is 0.349 e. The topological polar surface area (TPSA) is 113 Å². The van der Waals surface area contributed by atoms with E-state index in [4.69, 9.17) is 4.74 Å². The molecule has 0 bridgehead atoms. The third-order valence-corrected chi connectivity index (χ3v) is 4.96. The number of hydrazine groups is 1. The Hall–Kier alpha value is -3.38. The van der Waals surface area contributed by atoms with Gasteiger partial charge < -0.3 is 9.30 Å². The highest BCUT2D eigenvalue weighted by Gasteiger charge is 2.16. The minimum Gasteiger partial charge on any atom is -0.451 e. The summed E-state index contributed by atoms with van der Waals surface area (Å²) in [4.78, 5) is 36.1. The Morgan fingerprint density at radius 2 is 2.07 bits per heavy atom. The van der Waals surface area contributed by atoms with Gasteiger partial charge in [-0.25, -0.2) is 4.79 Å². The van der Waals surface area contributed by atoms with Crippen molar-refractivity contribution in [3.8, 4) is 6.07 Å². The highest BCUT2D eigenvalue weighted by Crippen LogP contribution is 2.19. The van der Waals surface area contributed by atoms with Crippen molar-refractivity contribution < 1.29 is 19.1 Å². The van der Waals surface area contributed by atoms with Gasteiger partial charge in [-0.2, -0.15) is 5.26 Å². The van der Waals surface area contributed by atoms with E-state index in [9.17, 15) is 19.6 Å². The summed E-state index contributed by atoms with van der Waals surface area (Å²) in [5.41, 5.74) is 6.88. The quantitative estimate of drug-likeness (QED) is 0.313. The Balaban J connectivity index is 1.93. The van der Waals surface area contributed by atoms with E-state index in [1.54, 1.807) is 17.5 Å². The molecule has 9 heteroatoms. The Labute approximate surface area is 172 Å². The number of amides is 2. The van der Waals surface area contributed by atoms with Crippen molar-refractivity contribution in [2.45, 2.75) is 33.7 Å². The Bertz CT molecular complexity index is 968. The fourth-order valence-electron chi connectivity index (χ4n) is 2.67. The van der Waals surface area contributed by atoms with E-state index in [0.717, 1.165) is 29.9 Å². The highest BCUT2D eigenvalue weighted by molar-refractivity contribution is 7.12. The van der Waals surface area contributed by atoms with Gasteiger partial charge >= 0.3 is 5.97 Å². The van der Waals surface area contributed by atoms with Crippen LogP contribution >= 0.6 is 11.3 Å². The van der Waals surface area contributed by atoms with Crippen LogP contribution in [0.5, 0.6) is 0 Å². The van der Waals surface area contributed by atoms with Crippen LogP contribution in [0, 0.1) is 25.2 Å². The number of nitrogens with zero attached hydrogens (tertiary/aromatic N) is 2. The smallest absolute Gasteiger partial charge is 0.349 e. The lowest BCUT2D eigenvalue weighted by molar-refractivity contribution is -0.144. The second-order valence-corrected chi connectivity index (χ2v) is 7.15. The number of ether oxygens (including phenoxy) is 1. The lowest BCUT2D eigenvalue weighted by Crippen LogP contribution is -2.43. The molecule has 0 radical (unpaired) electrons. The fraction of sp³-hybridized carbons (Fsp3) is 0.300. The van der Waals surface area contributed by atoms with Crippen molar-refractivity contribution in [2.24, 2.45) is 0 Å². The number of thiophene rings is 1. The molecule has 2 amide bonds. The Morgan fingerprint density at radius 3 is 2.69 bits per heavy atom. The van der Waals surface area contributed by atoms with Gasteiger partial charge in [0, 0.05) is 17.9 Å². The number of hydrogen-bond acceptors (Lipinski definition) is 6. The summed E-state index contributed by atoms with van der Waals surface area (Å²) in [7, 11) is 0. The van der Waals surface area contributed by atoms with Gasteiger partial charge in [-0.3, -0.25) is 20.4 Å². The minimum absolute atomic E-state index is 0.211. The van der Waals surface area contributed by atoms with Crippen molar-refractivity contribution in [2.75, 3.05) is 6.61 Å². The molecule has 0 atom stereocenters. The van der Waals surface area contributed by atoms with Crippen molar-refractivity contribution in [3.05, 3.63) is 51.0 Å². The van der Waals surface area contributed by atoms with E-state index in [-0.39, 0.29) is 5.57 Å². The number of nitrogens with one attached hydrogen (secondary N) is 2. The average molecular weight is 414 g/mol. The summed E-state index contributed by atoms with van der Waals surface area (Å²) in [6, 6.07) is 7.01. The monoisotopic (exact) mass is 414 g/mol. The largest absolute Gasteiger partial charge is 0.451 e. The van der Waals surface area contributed by atoms with Gasteiger partial charge in [0.2, 0.25) is 0 Å². The molecule has 29 heavy (non-hydrogen) atoms. The molecule has 0 unspecified atom stereocenters. The molecule has 2 aromatic heterocycles. The van der Waals surface area contributed by atoms with Gasteiger partial charge in [0.25, 0.3) is 11.8 Å². The molecule has 0 fully saturated rings. The van der Waals surface area contributed by atoms with Crippen LogP contribution in [0.4, 0.5) is 0 Å². The number of rotatable bonds is 7. The number of carbonyl (C=O) groups is 3. The molecule has 8 nitrogen and oxygen atoms in total. The maximum absolute atomic E-state index is 12.2. The second-order valence-electron chi connectivity index (χ2n) is 6.20. The van der Waals surface area contributed by atoms with Crippen molar-refractivity contribution >= 4 is 35.2 Å². The normalized spacial score (nSPS) is 10.9. The number of aryl methyl sites for hydroxylation is 1. The van der Waals surface area contributed by atoms with Crippen LogP contribution in [-0.2, 0) is 20.9 Å². The lowest BCUT2D eigenvalue weighted by atomic mass is 10.1. The molecule has 152 valence electrons. The average Bonchev–Trinajstić information content (AvgIpc) is 3.33. The molecule has 2 heterocycles. The summed E-state index contributed by atoms with van der Waals surface area (Å²) >= 11 is 1.22. The molecular weight excluding hydrogens is 392 g/mol. The number of aromatic nitrogens is 1. The molecule has 0 aliphatic carbocycles. The van der Waals surface area contributed by atoms with Crippen LogP contribution < -0.4 is 10.9 Å². The Morgan fingerprint density at radius 1 is 1.31 bits per heavy atom. The SMILES string of the molecule is CCCn1c(C)cc(/C=C(/C#N)C(=O)OCC(=O)NNC(=O)c2cccs2)c1C. The third-order valence-electron chi connectivity index (χ3n) is 4.09. The van der Waals surface area contributed by atoms with Gasteiger partial charge in [-0.05, 0) is 49.4 Å².